The first-order valence-corrected chi connectivity index (χ1v) is 9.98. The van der Waals surface area contributed by atoms with Gasteiger partial charge in [-0.25, -0.2) is 9.37 Å². The molecule has 2 aromatic carbocycles. The van der Waals surface area contributed by atoms with Gasteiger partial charge >= 0.3 is 0 Å². The number of amides is 2. The first-order chi connectivity index (χ1) is 14.5. The predicted octanol–water partition coefficient (Wildman–Crippen LogP) is 3.51. The number of anilines is 1. The molecule has 1 aliphatic rings. The molecule has 1 aliphatic heterocycles. The highest BCUT2D eigenvalue weighted by atomic mass is 35.5. The third-order valence-corrected chi connectivity index (χ3v) is 5.54. The van der Waals surface area contributed by atoms with E-state index < -0.39 is 11.9 Å². The number of benzene rings is 2. The van der Waals surface area contributed by atoms with E-state index in [4.69, 9.17) is 11.6 Å². The fraction of sp³-hybridized carbons (Fsp3) is 0.227. The first kappa shape index (κ1) is 20.1. The minimum Gasteiger partial charge on any atom is -0.352 e. The van der Waals surface area contributed by atoms with Crippen LogP contribution in [0.15, 0.2) is 61.2 Å². The van der Waals surface area contributed by atoms with Crippen LogP contribution in [0.1, 0.15) is 23.6 Å². The topological polar surface area (TPSA) is 67.2 Å². The Hall–Kier alpha value is -3.19. The molecule has 0 bridgehead atoms. The zero-order valence-corrected chi connectivity index (χ0v) is 16.8. The van der Waals surface area contributed by atoms with Gasteiger partial charge in [-0.3, -0.25) is 9.59 Å². The second-order valence-electron chi connectivity index (χ2n) is 7.11. The Morgan fingerprint density at radius 2 is 2.07 bits per heavy atom. The van der Waals surface area contributed by atoms with Crippen molar-refractivity contribution in [2.45, 2.75) is 25.4 Å². The Labute approximate surface area is 178 Å². The monoisotopic (exact) mass is 426 g/mol. The molecular formula is C22H20ClFN4O2. The lowest BCUT2D eigenvalue weighted by molar-refractivity contribution is -0.128. The highest BCUT2D eigenvalue weighted by Gasteiger charge is 2.32. The number of halogens is 2. The Balaban J connectivity index is 1.48. The third-order valence-electron chi connectivity index (χ3n) is 5.19. The maximum Gasteiger partial charge on any atom is 0.250 e. The van der Waals surface area contributed by atoms with E-state index in [2.05, 4.69) is 10.3 Å². The number of rotatable bonds is 6. The molecule has 0 spiro atoms. The zero-order valence-electron chi connectivity index (χ0n) is 16.1. The molecule has 0 aliphatic carbocycles. The van der Waals surface area contributed by atoms with Crippen molar-refractivity contribution in [3.8, 4) is 0 Å². The van der Waals surface area contributed by atoms with Crippen LogP contribution in [-0.4, -0.2) is 27.9 Å². The minimum atomic E-state index is -0.720. The number of nitrogens with one attached hydrogen (secondary N) is 1. The molecule has 2 heterocycles. The summed E-state index contributed by atoms with van der Waals surface area (Å²) < 4.78 is 14.8. The normalized spacial score (nSPS) is 13.7. The average Bonchev–Trinajstić information content (AvgIpc) is 3.41. The second kappa shape index (κ2) is 8.67. The number of carbonyl (C=O) groups is 2. The van der Waals surface area contributed by atoms with E-state index in [1.54, 1.807) is 21.9 Å². The number of carbonyl (C=O) groups excluding carboxylic acids is 2. The van der Waals surface area contributed by atoms with Gasteiger partial charge in [0.2, 0.25) is 5.91 Å². The predicted molar refractivity (Wildman–Crippen MR) is 112 cm³/mol. The summed E-state index contributed by atoms with van der Waals surface area (Å²) in [5.41, 5.74) is 2.60. The van der Waals surface area contributed by atoms with E-state index in [1.165, 1.54) is 24.5 Å². The molecule has 1 atom stereocenters. The van der Waals surface area contributed by atoms with Crippen LogP contribution in [0.3, 0.4) is 0 Å². The molecule has 1 N–H and O–H groups in total. The van der Waals surface area contributed by atoms with Crippen molar-refractivity contribution in [3.63, 3.8) is 0 Å². The van der Waals surface area contributed by atoms with Crippen LogP contribution in [0, 0.1) is 5.82 Å². The van der Waals surface area contributed by atoms with Gasteiger partial charge in [-0.15, -0.1) is 0 Å². The van der Waals surface area contributed by atoms with Crippen LogP contribution in [0.2, 0.25) is 5.02 Å². The van der Waals surface area contributed by atoms with Crippen LogP contribution in [0.4, 0.5) is 10.1 Å². The quantitative estimate of drug-likeness (QED) is 0.655. The highest BCUT2D eigenvalue weighted by Crippen LogP contribution is 2.30. The summed E-state index contributed by atoms with van der Waals surface area (Å²) in [6, 6.07) is 11.1. The molecular weight excluding hydrogens is 407 g/mol. The Morgan fingerprint density at radius 3 is 2.83 bits per heavy atom. The molecule has 2 amide bonds. The van der Waals surface area contributed by atoms with Crippen molar-refractivity contribution in [1.29, 1.82) is 0 Å². The van der Waals surface area contributed by atoms with Crippen LogP contribution >= 0.6 is 11.6 Å². The molecule has 4 rings (SSSR count). The minimum absolute atomic E-state index is 0.0489. The van der Waals surface area contributed by atoms with Crippen molar-refractivity contribution < 1.29 is 14.0 Å². The van der Waals surface area contributed by atoms with E-state index in [-0.39, 0.29) is 29.8 Å². The molecule has 1 aromatic heterocycles. The van der Waals surface area contributed by atoms with Crippen molar-refractivity contribution in [1.82, 2.24) is 14.9 Å². The first-order valence-electron chi connectivity index (χ1n) is 9.60. The van der Waals surface area contributed by atoms with Gasteiger partial charge in [0.25, 0.3) is 5.91 Å². The van der Waals surface area contributed by atoms with Crippen molar-refractivity contribution >= 4 is 29.1 Å². The van der Waals surface area contributed by atoms with Crippen molar-refractivity contribution in [2.75, 3.05) is 11.4 Å². The lowest BCUT2D eigenvalue weighted by Gasteiger charge is -2.24. The molecule has 154 valence electrons. The van der Waals surface area contributed by atoms with E-state index in [1.807, 2.05) is 24.3 Å². The van der Waals surface area contributed by atoms with Gasteiger partial charge in [-0.1, -0.05) is 35.9 Å². The van der Waals surface area contributed by atoms with Crippen LogP contribution in [-0.2, 0) is 22.6 Å². The standard InChI is InChI=1S/C22H20ClFN4O2/c23-18-11-17(24)6-5-16(18)13-26-21(29)12-20(27-10-8-25-14-27)22(30)28-9-7-15-3-1-2-4-19(15)28/h1-6,8,10-11,14,20H,7,9,12-13H2,(H,26,29). The average molecular weight is 427 g/mol. The molecule has 0 fully saturated rings. The molecule has 1 unspecified atom stereocenters. The largest absolute Gasteiger partial charge is 0.352 e. The van der Waals surface area contributed by atoms with E-state index in [0.717, 1.165) is 17.7 Å². The summed E-state index contributed by atoms with van der Waals surface area (Å²) >= 11 is 6.02. The van der Waals surface area contributed by atoms with Gasteiger partial charge in [0.05, 0.1) is 12.7 Å². The summed E-state index contributed by atoms with van der Waals surface area (Å²) in [6.45, 7) is 0.728. The number of para-hydroxylation sites is 1. The lowest BCUT2D eigenvalue weighted by Crippen LogP contribution is -2.38. The number of aromatic nitrogens is 2. The van der Waals surface area contributed by atoms with Crippen LogP contribution < -0.4 is 10.2 Å². The number of imidazole rings is 1. The maximum atomic E-state index is 13.3. The third kappa shape index (κ3) is 4.21. The highest BCUT2D eigenvalue weighted by molar-refractivity contribution is 6.31. The molecule has 0 saturated heterocycles. The van der Waals surface area contributed by atoms with Gasteiger partial charge in [-0.2, -0.15) is 0 Å². The van der Waals surface area contributed by atoms with E-state index in [0.29, 0.717) is 12.1 Å². The van der Waals surface area contributed by atoms with Gasteiger partial charge in [0.15, 0.2) is 0 Å². The Morgan fingerprint density at radius 1 is 1.23 bits per heavy atom. The zero-order chi connectivity index (χ0) is 21.1. The number of fused-ring (bicyclic) bond motifs is 1. The number of hydrogen-bond donors (Lipinski definition) is 1. The molecule has 8 heteroatoms. The van der Waals surface area contributed by atoms with E-state index >= 15 is 0 Å². The van der Waals surface area contributed by atoms with Gasteiger partial charge in [0, 0.05) is 36.2 Å². The molecule has 3 aromatic rings. The molecule has 0 saturated carbocycles. The molecule has 30 heavy (non-hydrogen) atoms. The molecule has 0 radical (unpaired) electrons. The Bertz CT molecular complexity index is 1070. The van der Waals surface area contributed by atoms with Crippen molar-refractivity contribution in [3.05, 3.63) is 83.2 Å². The van der Waals surface area contributed by atoms with Crippen LogP contribution in [0.25, 0.3) is 0 Å². The SMILES string of the molecule is O=C(CC(C(=O)N1CCc2ccccc21)n1ccnc1)NCc1ccc(F)cc1Cl. The lowest BCUT2D eigenvalue weighted by atomic mass is 10.1. The summed E-state index contributed by atoms with van der Waals surface area (Å²) in [7, 11) is 0. The Kier molecular flexibility index (Phi) is 5.81. The van der Waals surface area contributed by atoms with Gasteiger partial charge < -0.3 is 14.8 Å². The summed E-state index contributed by atoms with van der Waals surface area (Å²) in [5, 5.41) is 3.01. The van der Waals surface area contributed by atoms with Gasteiger partial charge in [0.1, 0.15) is 11.9 Å². The fourth-order valence-corrected chi connectivity index (χ4v) is 3.86. The summed E-state index contributed by atoms with van der Waals surface area (Å²) in [4.78, 5) is 31.7. The fourth-order valence-electron chi connectivity index (χ4n) is 3.63. The molecule has 6 nitrogen and oxygen atoms in total. The summed E-state index contributed by atoms with van der Waals surface area (Å²) in [6.07, 6.45) is 5.53. The maximum absolute atomic E-state index is 13.3. The van der Waals surface area contributed by atoms with E-state index in [9.17, 15) is 14.0 Å². The number of hydrogen-bond acceptors (Lipinski definition) is 3. The second-order valence-corrected chi connectivity index (χ2v) is 7.52. The number of nitrogens with zero attached hydrogens (tertiary/aromatic N) is 3. The van der Waals surface area contributed by atoms with Crippen molar-refractivity contribution in [2.24, 2.45) is 0 Å². The van der Waals surface area contributed by atoms with Gasteiger partial charge in [-0.05, 0) is 35.7 Å². The smallest absolute Gasteiger partial charge is 0.250 e. The summed E-state index contributed by atoms with van der Waals surface area (Å²) in [5.74, 6) is -0.908. The van der Waals surface area contributed by atoms with Crippen LogP contribution in [0.5, 0.6) is 0 Å².